The first-order valence-electron chi connectivity index (χ1n) is 6.69. The van der Waals surface area contributed by atoms with Crippen LogP contribution in [0.1, 0.15) is 28.3 Å². The SMILES string of the molecule is CNC(Cc1cc(C)cc(C)c1)c1ccc(F)cc1Cl. The third-order valence-electron chi connectivity index (χ3n) is 3.41. The third-order valence-corrected chi connectivity index (χ3v) is 3.74. The number of benzene rings is 2. The Morgan fingerprint density at radius 3 is 2.30 bits per heavy atom. The molecule has 1 atom stereocenters. The Kier molecular flexibility index (Phi) is 4.79. The van der Waals surface area contributed by atoms with Gasteiger partial charge in [-0.2, -0.15) is 0 Å². The van der Waals surface area contributed by atoms with Crippen LogP contribution in [0, 0.1) is 19.7 Å². The molecule has 1 nitrogen and oxygen atoms in total. The molecule has 0 bridgehead atoms. The summed E-state index contributed by atoms with van der Waals surface area (Å²) in [7, 11) is 1.90. The summed E-state index contributed by atoms with van der Waals surface area (Å²) in [5, 5.41) is 3.73. The zero-order chi connectivity index (χ0) is 14.7. The topological polar surface area (TPSA) is 12.0 Å². The number of rotatable bonds is 4. The van der Waals surface area contributed by atoms with E-state index >= 15 is 0 Å². The molecule has 2 rings (SSSR count). The molecule has 1 N–H and O–H groups in total. The Morgan fingerprint density at radius 1 is 1.10 bits per heavy atom. The highest BCUT2D eigenvalue weighted by Gasteiger charge is 2.14. The first-order valence-corrected chi connectivity index (χ1v) is 7.07. The summed E-state index contributed by atoms with van der Waals surface area (Å²) < 4.78 is 13.1. The second-order valence-corrected chi connectivity index (χ2v) is 5.61. The molecule has 2 aromatic carbocycles. The Labute approximate surface area is 124 Å². The number of nitrogens with one attached hydrogen (secondary N) is 1. The lowest BCUT2D eigenvalue weighted by molar-refractivity contribution is 0.586. The van der Waals surface area contributed by atoms with Crippen molar-refractivity contribution >= 4 is 11.6 Å². The lowest BCUT2D eigenvalue weighted by Crippen LogP contribution is -2.19. The van der Waals surface area contributed by atoms with E-state index in [2.05, 4.69) is 37.4 Å². The second-order valence-electron chi connectivity index (χ2n) is 5.21. The lowest BCUT2D eigenvalue weighted by Gasteiger charge is -2.19. The van der Waals surface area contributed by atoms with Gasteiger partial charge in [0.15, 0.2) is 0 Å². The van der Waals surface area contributed by atoms with Crippen LogP contribution in [0.3, 0.4) is 0 Å². The zero-order valence-electron chi connectivity index (χ0n) is 12.0. The van der Waals surface area contributed by atoms with E-state index in [0.717, 1.165) is 12.0 Å². The van der Waals surface area contributed by atoms with Crippen molar-refractivity contribution in [2.24, 2.45) is 0 Å². The molecule has 106 valence electrons. The largest absolute Gasteiger partial charge is 0.313 e. The molecule has 0 radical (unpaired) electrons. The predicted molar refractivity (Wildman–Crippen MR) is 82.8 cm³/mol. The average molecular weight is 292 g/mol. The van der Waals surface area contributed by atoms with Gasteiger partial charge in [-0.05, 0) is 50.6 Å². The molecule has 20 heavy (non-hydrogen) atoms. The maximum atomic E-state index is 13.1. The minimum atomic E-state index is -0.306. The van der Waals surface area contributed by atoms with Gasteiger partial charge in [-0.25, -0.2) is 4.39 Å². The second kappa shape index (κ2) is 6.38. The van der Waals surface area contributed by atoms with Gasteiger partial charge >= 0.3 is 0 Å². The van der Waals surface area contributed by atoms with E-state index in [9.17, 15) is 4.39 Å². The van der Waals surface area contributed by atoms with Gasteiger partial charge in [0, 0.05) is 11.1 Å². The lowest BCUT2D eigenvalue weighted by atomic mass is 9.96. The number of likely N-dealkylation sites (N-methyl/N-ethyl adjacent to an activating group) is 1. The van der Waals surface area contributed by atoms with Crippen LogP contribution < -0.4 is 5.32 Å². The number of halogens is 2. The molecule has 3 heteroatoms. The number of aryl methyl sites for hydroxylation is 2. The number of hydrogen-bond donors (Lipinski definition) is 1. The summed E-state index contributed by atoms with van der Waals surface area (Å²) in [5.41, 5.74) is 4.68. The maximum Gasteiger partial charge on any atom is 0.124 e. The Balaban J connectivity index is 2.28. The molecule has 0 aliphatic carbocycles. The van der Waals surface area contributed by atoms with E-state index in [4.69, 9.17) is 11.6 Å². The molecular formula is C17H19ClFN. The van der Waals surface area contributed by atoms with Gasteiger partial charge in [0.25, 0.3) is 0 Å². The first-order chi connectivity index (χ1) is 9.49. The molecule has 0 saturated heterocycles. The van der Waals surface area contributed by atoms with Crippen molar-refractivity contribution in [3.8, 4) is 0 Å². The first kappa shape index (κ1) is 15.0. The highest BCUT2D eigenvalue weighted by Crippen LogP contribution is 2.27. The van der Waals surface area contributed by atoms with E-state index in [1.54, 1.807) is 6.07 Å². The number of hydrogen-bond acceptors (Lipinski definition) is 1. The Morgan fingerprint density at radius 2 is 1.75 bits per heavy atom. The molecule has 1 unspecified atom stereocenters. The van der Waals surface area contributed by atoms with Crippen LogP contribution in [-0.2, 0) is 6.42 Å². The van der Waals surface area contributed by atoms with Crippen molar-refractivity contribution in [2.45, 2.75) is 26.3 Å². The van der Waals surface area contributed by atoms with Crippen molar-refractivity contribution in [3.63, 3.8) is 0 Å². The highest BCUT2D eigenvalue weighted by molar-refractivity contribution is 6.31. The van der Waals surface area contributed by atoms with Gasteiger partial charge in [-0.15, -0.1) is 0 Å². The minimum Gasteiger partial charge on any atom is -0.313 e. The van der Waals surface area contributed by atoms with Gasteiger partial charge in [0.05, 0.1) is 0 Å². The Hall–Kier alpha value is -1.38. The summed E-state index contributed by atoms with van der Waals surface area (Å²) >= 11 is 6.15. The molecule has 0 spiro atoms. The van der Waals surface area contributed by atoms with Gasteiger partial charge in [-0.3, -0.25) is 0 Å². The summed E-state index contributed by atoms with van der Waals surface area (Å²) in [6.07, 6.45) is 0.824. The van der Waals surface area contributed by atoms with Crippen LogP contribution in [0.15, 0.2) is 36.4 Å². The molecular weight excluding hydrogens is 273 g/mol. The normalized spacial score (nSPS) is 12.4. The summed E-state index contributed by atoms with van der Waals surface area (Å²) in [6, 6.07) is 11.1. The smallest absolute Gasteiger partial charge is 0.124 e. The van der Waals surface area contributed by atoms with Gasteiger partial charge in [0.2, 0.25) is 0 Å². The summed E-state index contributed by atoms with van der Waals surface area (Å²) in [5.74, 6) is -0.306. The summed E-state index contributed by atoms with van der Waals surface area (Å²) in [4.78, 5) is 0. The molecule has 0 aliphatic rings. The predicted octanol–water partition coefficient (Wildman–Crippen LogP) is 4.60. The zero-order valence-corrected chi connectivity index (χ0v) is 12.8. The minimum absolute atomic E-state index is 0.0734. The van der Waals surface area contributed by atoms with Crippen molar-refractivity contribution in [2.75, 3.05) is 7.05 Å². The molecule has 0 aliphatic heterocycles. The standard InChI is InChI=1S/C17H19ClFN/c1-11-6-12(2)8-13(7-11)9-17(20-3)15-5-4-14(19)10-16(15)18/h4-8,10,17,20H,9H2,1-3H3. The monoisotopic (exact) mass is 291 g/mol. The fourth-order valence-electron chi connectivity index (χ4n) is 2.57. The van der Waals surface area contributed by atoms with Gasteiger partial charge in [0.1, 0.15) is 5.82 Å². The van der Waals surface area contributed by atoms with Crippen molar-refractivity contribution < 1.29 is 4.39 Å². The molecule has 0 fully saturated rings. The van der Waals surface area contributed by atoms with Gasteiger partial charge in [-0.1, -0.05) is 47.0 Å². The van der Waals surface area contributed by atoms with Crippen molar-refractivity contribution in [1.29, 1.82) is 0 Å². The highest BCUT2D eigenvalue weighted by atomic mass is 35.5. The quantitative estimate of drug-likeness (QED) is 0.868. The van der Waals surface area contributed by atoms with Crippen molar-refractivity contribution in [1.82, 2.24) is 5.32 Å². The average Bonchev–Trinajstić information content (AvgIpc) is 2.35. The van der Waals surface area contributed by atoms with Crippen LogP contribution in [0.4, 0.5) is 4.39 Å². The molecule has 2 aromatic rings. The maximum absolute atomic E-state index is 13.1. The molecule has 0 amide bonds. The van der Waals surface area contributed by atoms with Gasteiger partial charge < -0.3 is 5.32 Å². The summed E-state index contributed by atoms with van der Waals surface area (Å²) in [6.45, 7) is 4.19. The van der Waals surface area contributed by atoms with E-state index in [1.807, 2.05) is 7.05 Å². The van der Waals surface area contributed by atoms with E-state index in [1.165, 1.54) is 28.8 Å². The van der Waals surface area contributed by atoms with Crippen LogP contribution in [0.2, 0.25) is 5.02 Å². The van der Waals surface area contributed by atoms with E-state index in [-0.39, 0.29) is 11.9 Å². The van der Waals surface area contributed by atoms with E-state index < -0.39 is 0 Å². The van der Waals surface area contributed by atoms with Crippen LogP contribution in [0.25, 0.3) is 0 Å². The van der Waals surface area contributed by atoms with Crippen molar-refractivity contribution in [3.05, 3.63) is 69.5 Å². The van der Waals surface area contributed by atoms with Crippen LogP contribution in [-0.4, -0.2) is 7.05 Å². The molecule has 0 heterocycles. The van der Waals surface area contributed by atoms with E-state index in [0.29, 0.717) is 5.02 Å². The Bertz CT molecular complexity index is 590. The van der Waals surface area contributed by atoms with Crippen LogP contribution >= 0.6 is 11.6 Å². The van der Waals surface area contributed by atoms with Crippen LogP contribution in [0.5, 0.6) is 0 Å². The molecule has 0 saturated carbocycles. The fourth-order valence-corrected chi connectivity index (χ4v) is 2.87. The third kappa shape index (κ3) is 3.59. The molecule has 0 aromatic heterocycles. The fraction of sp³-hybridized carbons (Fsp3) is 0.294.